The maximum Gasteiger partial charge on any atom is 0.153 e. The second-order valence-electron chi connectivity index (χ2n) is 4.35. The molecular weight excluding hydrogens is 280 g/mol. The van der Waals surface area contributed by atoms with Crippen LogP contribution in [0.15, 0.2) is 30.3 Å². The highest BCUT2D eigenvalue weighted by Gasteiger charge is 2.15. The van der Waals surface area contributed by atoms with E-state index in [0.717, 1.165) is 16.1 Å². The van der Waals surface area contributed by atoms with Crippen LogP contribution >= 0.6 is 11.3 Å². The molecule has 0 unspecified atom stereocenters. The zero-order chi connectivity index (χ0) is 13.9. The first-order chi connectivity index (χ1) is 8.99. The molecular formula is C13H16N2O2S2. The predicted octanol–water partition coefficient (Wildman–Crippen LogP) is 2.07. The lowest BCUT2D eigenvalue weighted by Gasteiger charge is -2.00. The molecule has 0 aliphatic carbocycles. The summed E-state index contributed by atoms with van der Waals surface area (Å²) in [6.07, 6.45) is 1.23. The molecule has 102 valence electrons. The lowest BCUT2D eigenvalue weighted by molar-refractivity contribution is 0.601. The summed E-state index contributed by atoms with van der Waals surface area (Å²) in [5.41, 5.74) is 1.89. The smallest absolute Gasteiger partial charge is 0.153 e. The fourth-order valence-electron chi connectivity index (χ4n) is 1.79. The Kier molecular flexibility index (Phi) is 4.34. The first-order valence-corrected chi connectivity index (χ1v) is 8.73. The number of rotatable bonds is 5. The molecule has 0 aliphatic rings. The van der Waals surface area contributed by atoms with Gasteiger partial charge in [-0.3, -0.25) is 0 Å². The second kappa shape index (κ2) is 5.81. The lowest BCUT2D eigenvalue weighted by Crippen LogP contribution is -2.04. The number of thiazole rings is 1. The van der Waals surface area contributed by atoms with E-state index in [1.54, 1.807) is 0 Å². The minimum absolute atomic E-state index is 0.00120. The van der Waals surface area contributed by atoms with Gasteiger partial charge in [0.25, 0.3) is 0 Å². The summed E-state index contributed by atoms with van der Waals surface area (Å²) in [6, 6.07) is 9.82. The molecule has 1 N–H and O–H groups in total. The van der Waals surface area contributed by atoms with E-state index in [0.29, 0.717) is 11.6 Å². The third-order valence-corrected chi connectivity index (χ3v) is 4.55. The Hall–Kier alpha value is -1.24. The summed E-state index contributed by atoms with van der Waals surface area (Å²) in [7, 11) is -1.18. The number of sulfone groups is 1. The topological polar surface area (TPSA) is 59.1 Å². The van der Waals surface area contributed by atoms with E-state index in [1.165, 1.54) is 17.6 Å². The van der Waals surface area contributed by atoms with Crippen molar-refractivity contribution in [2.45, 2.75) is 12.3 Å². The number of nitrogens with zero attached hydrogens (tertiary/aromatic N) is 1. The van der Waals surface area contributed by atoms with Crippen LogP contribution in [0.5, 0.6) is 0 Å². The average Bonchev–Trinajstić information content (AvgIpc) is 2.71. The Morgan fingerprint density at radius 3 is 2.53 bits per heavy atom. The molecule has 0 saturated carbocycles. The number of aromatic nitrogens is 1. The van der Waals surface area contributed by atoms with Crippen LogP contribution in [0.25, 0.3) is 11.3 Å². The Morgan fingerprint density at radius 2 is 1.95 bits per heavy atom. The Morgan fingerprint density at radius 1 is 1.26 bits per heavy atom. The molecule has 0 atom stereocenters. The van der Waals surface area contributed by atoms with E-state index in [1.807, 2.05) is 37.4 Å². The van der Waals surface area contributed by atoms with Crippen LogP contribution in [-0.4, -0.2) is 26.7 Å². The maximum absolute atomic E-state index is 11.4. The molecule has 4 nitrogen and oxygen atoms in total. The largest absolute Gasteiger partial charge is 0.315 e. The third-order valence-electron chi connectivity index (χ3n) is 2.51. The van der Waals surface area contributed by atoms with Crippen molar-refractivity contribution in [2.24, 2.45) is 0 Å². The predicted molar refractivity (Wildman–Crippen MR) is 78.9 cm³/mol. The molecule has 6 heteroatoms. The van der Waals surface area contributed by atoms with Gasteiger partial charge in [-0.25, -0.2) is 13.4 Å². The zero-order valence-electron chi connectivity index (χ0n) is 10.9. The monoisotopic (exact) mass is 296 g/mol. The van der Waals surface area contributed by atoms with Crippen molar-refractivity contribution in [1.29, 1.82) is 0 Å². The molecule has 0 aliphatic heterocycles. The van der Waals surface area contributed by atoms with Gasteiger partial charge in [0.1, 0.15) is 10.8 Å². The van der Waals surface area contributed by atoms with Gasteiger partial charge in [0.15, 0.2) is 9.84 Å². The van der Waals surface area contributed by atoms with Gasteiger partial charge in [-0.2, -0.15) is 0 Å². The van der Waals surface area contributed by atoms with Crippen molar-refractivity contribution in [2.75, 3.05) is 13.3 Å². The summed E-state index contributed by atoms with van der Waals surface area (Å²) >= 11 is 1.45. The molecule has 1 aromatic carbocycles. The lowest BCUT2D eigenvalue weighted by atomic mass is 10.1. The van der Waals surface area contributed by atoms with Crippen molar-refractivity contribution in [3.05, 3.63) is 40.2 Å². The minimum atomic E-state index is -3.05. The third kappa shape index (κ3) is 3.86. The van der Waals surface area contributed by atoms with Crippen molar-refractivity contribution in [3.63, 3.8) is 0 Å². The standard InChI is InChI=1S/C13H16N2O2S2/c1-14-8-11-13(10-6-4-3-5-7-10)15-12(18-11)9-19(2,16)17/h3-7,14H,8-9H2,1-2H3. The first-order valence-electron chi connectivity index (χ1n) is 5.86. The van der Waals surface area contributed by atoms with Crippen LogP contribution in [0, 0.1) is 0 Å². The zero-order valence-corrected chi connectivity index (χ0v) is 12.5. The van der Waals surface area contributed by atoms with Gasteiger partial charge in [0.05, 0.1) is 5.69 Å². The van der Waals surface area contributed by atoms with Crippen LogP contribution in [-0.2, 0) is 22.1 Å². The molecule has 0 spiro atoms. The van der Waals surface area contributed by atoms with Gasteiger partial charge < -0.3 is 5.32 Å². The summed E-state index contributed by atoms with van der Waals surface area (Å²) < 4.78 is 22.7. The van der Waals surface area contributed by atoms with Gasteiger partial charge in [0, 0.05) is 23.2 Å². The van der Waals surface area contributed by atoms with E-state index in [2.05, 4.69) is 10.3 Å². The molecule has 1 heterocycles. The summed E-state index contributed by atoms with van der Waals surface area (Å²) in [5.74, 6) is 0.00120. The number of nitrogens with one attached hydrogen (secondary N) is 1. The average molecular weight is 296 g/mol. The fourth-order valence-corrected chi connectivity index (χ4v) is 4.08. The fraction of sp³-hybridized carbons (Fsp3) is 0.308. The van der Waals surface area contributed by atoms with E-state index in [9.17, 15) is 8.42 Å². The number of benzene rings is 1. The highest BCUT2D eigenvalue weighted by atomic mass is 32.2. The molecule has 19 heavy (non-hydrogen) atoms. The molecule has 0 amide bonds. The SMILES string of the molecule is CNCc1sc(CS(C)(=O)=O)nc1-c1ccccc1. The van der Waals surface area contributed by atoms with Gasteiger partial charge in [0.2, 0.25) is 0 Å². The van der Waals surface area contributed by atoms with Crippen molar-refractivity contribution >= 4 is 21.2 Å². The van der Waals surface area contributed by atoms with Gasteiger partial charge in [-0.1, -0.05) is 30.3 Å². The van der Waals surface area contributed by atoms with Gasteiger partial charge in [-0.05, 0) is 7.05 Å². The van der Waals surface area contributed by atoms with Crippen LogP contribution in [0.4, 0.5) is 0 Å². The van der Waals surface area contributed by atoms with Gasteiger partial charge in [-0.15, -0.1) is 11.3 Å². The van der Waals surface area contributed by atoms with Crippen LogP contribution in [0.2, 0.25) is 0 Å². The van der Waals surface area contributed by atoms with Crippen LogP contribution in [0.1, 0.15) is 9.88 Å². The summed E-state index contributed by atoms with van der Waals surface area (Å²) in [5, 5.41) is 3.74. The quantitative estimate of drug-likeness (QED) is 0.917. The minimum Gasteiger partial charge on any atom is -0.315 e. The molecule has 0 saturated heterocycles. The van der Waals surface area contributed by atoms with Crippen molar-refractivity contribution in [3.8, 4) is 11.3 Å². The Balaban J connectivity index is 2.42. The van der Waals surface area contributed by atoms with E-state index < -0.39 is 9.84 Å². The molecule has 2 aromatic rings. The maximum atomic E-state index is 11.4. The highest BCUT2D eigenvalue weighted by Crippen LogP contribution is 2.29. The van der Waals surface area contributed by atoms with E-state index in [-0.39, 0.29) is 5.75 Å². The highest BCUT2D eigenvalue weighted by molar-refractivity contribution is 7.90. The normalized spacial score (nSPS) is 11.7. The van der Waals surface area contributed by atoms with Crippen molar-refractivity contribution < 1.29 is 8.42 Å². The Bertz CT molecular complexity index is 649. The second-order valence-corrected chi connectivity index (χ2v) is 7.65. The van der Waals surface area contributed by atoms with Crippen LogP contribution in [0.3, 0.4) is 0 Å². The molecule has 2 rings (SSSR count). The van der Waals surface area contributed by atoms with Crippen LogP contribution < -0.4 is 5.32 Å². The molecule has 0 bridgehead atoms. The summed E-state index contributed by atoms with van der Waals surface area (Å²) in [6.45, 7) is 0.686. The number of hydrogen-bond acceptors (Lipinski definition) is 5. The van der Waals surface area contributed by atoms with Gasteiger partial charge >= 0.3 is 0 Å². The van der Waals surface area contributed by atoms with Crippen molar-refractivity contribution in [1.82, 2.24) is 10.3 Å². The van der Waals surface area contributed by atoms with E-state index in [4.69, 9.17) is 0 Å². The Labute approximate surface area is 117 Å². The first kappa shape index (κ1) is 14.2. The molecule has 0 radical (unpaired) electrons. The summed E-state index contributed by atoms with van der Waals surface area (Å²) in [4.78, 5) is 5.55. The van der Waals surface area contributed by atoms with E-state index >= 15 is 0 Å². The number of hydrogen-bond donors (Lipinski definition) is 1. The molecule has 0 fully saturated rings. The molecule has 1 aromatic heterocycles.